The summed E-state index contributed by atoms with van der Waals surface area (Å²) in [5.41, 5.74) is 13.1. The first-order valence-electron chi connectivity index (χ1n) is 11.1. The van der Waals surface area contributed by atoms with E-state index in [2.05, 4.69) is 20.8 Å². The molecule has 2 fully saturated rings. The normalized spacial score (nSPS) is 38.9. The Labute approximate surface area is 151 Å². The van der Waals surface area contributed by atoms with E-state index in [0.29, 0.717) is 12.1 Å². The molecule has 142 valence electrons. The van der Waals surface area contributed by atoms with Crippen molar-refractivity contribution in [3.63, 3.8) is 0 Å². The van der Waals surface area contributed by atoms with E-state index in [4.69, 9.17) is 11.5 Å². The highest BCUT2D eigenvalue weighted by molar-refractivity contribution is 4.94. The van der Waals surface area contributed by atoms with E-state index < -0.39 is 0 Å². The third kappa shape index (κ3) is 5.21. The highest BCUT2D eigenvalue weighted by atomic mass is 14.7. The van der Waals surface area contributed by atoms with Crippen LogP contribution in [0.25, 0.3) is 0 Å². The molecule has 0 spiro atoms. The molecule has 2 nitrogen and oxygen atoms in total. The van der Waals surface area contributed by atoms with Crippen molar-refractivity contribution in [3.05, 3.63) is 0 Å². The molecule has 0 aromatic heterocycles. The summed E-state index contributed by atoms with van der Waals surface area (Å²) < 4.78 is 0. The van der Waals surface area contributed by atoms with Crippen LogP contribution in [0.2, 0.25) is 0 Å². The van der Waals surface area contributed by atoms with Gasteiger partial charge in [-0.3, -0.25) is 0 Å². The maximum absolute atomic E-state index is 6.70. The van der Waals surface area contributed by atoms with E-state index in [1.165, 1.54) is 77.0 Å². The predicted molar refractivity (Wildman–Crippen MR) is 106 cm³/mol. The van der Waals surface area contributed by atoms with Gasteiger partial charge in [0.25, 0.3) is 0 Å². The molecule has 2 heteroatoms. The molecule has 7 unspecified atom stereocenters. The third-order valence-corrected chi connectivity index (χ3v) is 7.23. The van der Waals surface area contributed by atoms with Crippen molar-refractivity contribution in [2.24, 2.45) is 41.1 Å². The minimum atomic E-state index is 0.439. The van der Waals surface area contributed by atoms with Gasteiger partial charge >= 0.3 is 0 Å². The molecule has 2 rings (SSSR count). The molecule has 0 aromatic carbocycles. The summed E-state index contributed by atoms with van der Waals surface area (Å²) in [6.45, 7) is 7.05. The Hall–Kier alpha value is -0.0800. The molecule has 0 amide bonds. The number of nitrogens with two attached hydrogens (primary N) is 2. The Kier molecular flexibility index (Phi) is 8.57. The highest BCUT2D eigenvalue weighted by Gasteiger charge is 2.41. The fourth-order valence-electron chi connectivity index (χ4n) is 6.12. The van der Waals surface area contributed by atoms with E-state index in [-0.39, 0.29) is 0 Å². The van der Waals surface area contributed by atoms with Crippen molar-refractivity contribution in [2.75, 3.05) is 0 Å². The van der Waals surface area contributed by atoms with Gasteiger partial charge in [0.15, 0.2) is 0 Å². The lowest BCUT2D eigenvalue weighted by atomic mass is 9.60. The molecule has 2 saturated carbocycles. The summed E-state index contributed by atoms with van der Waals surface area (Å²) >= 11 is 0. The van der Waals surface area contributed by atoms with Crippen molar-refractivity contribution >= 4 is 0 Å². The lowest BCUT2D eigenvalue weighted by molar-refractivity contribution is 0.0508. The van der Waals surface area contributed by atoms with Gasteiger partial charge in [0.1, 0.15) is 0 Å². The molecule has 0 saturated heterocycles. The van der Waals surface area contributed by atoms with Crippen LogP contribution in [0.4, 0.5) is 0 Å². The molecular formula is C22H44N2. The number of rotatable bonds is 8. The molecule has 0 radical (unpaired) electrons. The maximum atomic E-state index is 6.70. The Morgan fingerprint density at radius 3 is 2.21 bits per heavy atom. The van der Waals surface area contributed by atoms with E-state index in [9.17, 15) is 0 Å². The SMILES string of the molecule is CCCC1CCC(N)C(C(CCC)C2CC(N)CCC2CCC)C1. The van der Waals surface area contributed by atoms with Gasteiger partial charge in [-0.2, -0.15) is 0 Å². The molecule has 2 aliphatic carbocycles. The van der Waals surface area contributed by atoms with Crippen LogP contribution in [0, 0.1) is 29.6 Å². The first-order valence-corrected chi connectivity index (χ1v) is 11.1. The van der Waals surface area contributed by atoms with Crippen LogP contribution in [0.15, 0.2) is 0 Å². The Morgan fingerprint density at radius 2 is 1.54 bits per heavy atom. The fraction of sp³-hybridized carbons (Fsp3) is 1.00. The van der Waals surface area contributed by atoms with E-state index >= 15 is 0 Å². The van der Waals surface area contributed by atoms with Gasteiger partial charge in [0, 0.05) is 12.1 Å². The van der Waals surface area contributed by atoms with Gasteiger partial charge < -0.3 is 11.5 Å². The standard InChI is InChI=1S/C22H44N2/c1-4-7-16-10-13-22(24)21(14-16)19(9-6-3)20-15-18(23)12-11-17(20)8-5-2/h16-22H,4-15,23-24H2,1-3H3. The molecule has 4 N–H and O–H groups in total. The monoisotopic (exact) mass is 336 g/mol. The van der Waals surface area contributed by atoms with Crippen molar-refractivity contribution in [1.29, 1.82) is 0 Å². The average Bonchev–Trinajstić information content (AvgIpc) is 2.57. The number of hydrogen-bond acceptors (Lipinski definition) is 2. The van der Waals surface area contributed by atoms with E-state index in [1.54, 1.807) is 0 Å². The zero-order chi connectivity index (χ0) is 17.5. The van der Waals surface area contributed by atoms with Gasteiger partial charge in [-0.05, 0) is 68.1 Å². The van der Waals surface area contributed by atoms with Gasteiger partial charge in [-0.25, -0.2) is 0 Å². The zero-order valence-corrected chi connectivity index (χ0v) is 16.7. The Morgan fingerprint density at radius 1 is 0.792 bits per heavy atom. The van der Waals surface area contributed by atoms with E-state index in [0.717, 1.165) is 29.6 Å². The molecule has 2 aliphatic rings. The van der Waals surface area contributed by atoms with Crippen LogP contribution in [0.5, 0.6) is 0 Å². The van der Waals surface area contributed by atoms with Gasteiger partial charge in [-0.1, -0.05) is 59.3 Å². The van der Waals surface area contributed by atoms with Crippen LogP contribution < -0.4 is 11.5 Å². The van der Waals surface area contributed by atoms with Crippen molar-refractivity contribution in [3.8, 4) is 0 Å². The molecule has 0 bridgehead atoms. The molecule has 0 aliphatic heterocycles. The largest absolute Gasteiger partial charge is 0.328 e. The van der Waals surface area contributed by atoms with Crippen LogP contribution in [-0.2, 0) is 0 Å². The fourth-order valence-corrected chi connectivity index (χ4v) is 6.12. The van der Waals surface area contributed by atoms with Crippen molar-refractivity contribution in [2.45, 2.75) is 110 Å². The summed E-state index contributed by atoms with van der Waals surface area (Å²) in [6.07, 6.45) is 16.0. The van der Waals surface area contributed by atoms with Crippen LogP contribution >= 0.6 is 0 Å². The zero-order valence-electron chi connectivity index (χ0n) is 16.7. The summed E-state index contributed by atoms with van der Waals surface area (Å²) in [7, 11) is 0. The van der Waals surface area contributed by atoms with Crippen molar-refractivity contribution in [1.82, 2.24) is 0 Å². The summed E-state index contributed by atoms with van der Waals surface area (Å²) in [6, 6.07) is 0.879. The minimum absolute atomic E-state index is 0.439. The molecule has 24 heavy (non-hydrogen) atoms. The molecule has 0 heterocycles. The van der Waals surface area contributed by atoms with Gasteiger partial charge in [-0.15, -0.1) is 0 Å². The predicted octanol–water partition coefficient (Wildman–Crippen LogP) is 5.49. The van der Waals surface area contributed by atoms with Crippen LogP contribution in [-0.4, -0.2) is 12.1 Å². The second kappa shape index (κ2) is 10.2. The first kappa shape index (κ1) is 20.2. The Balaban J connectivity index is 2.14. The van der Waals surface area contributed by atoms with Crippen LogP contribution in [0.1, 0.15) is 97.8 Å². The highest BCUT2D eigenvalue weighted by Crippen LogP contribution is 2.46. The summed E-state index contributed by atoms with van der Waals surface area (Å²) in [4.78, 5) is 0. The lowest BCUT2D eigenvalue weighted by Gasteiger charge is -2.47. The topological polar surface area (TPSA) is 52.0 Å². The second-order valence-corrected chi connectivity index (χ2v) is 9.03. The third-order valence-electron chi connectivity index (χ3n) is 7.23. The van der Waals surface area contributed by atoms with Gasteiger partial charge in [0.05, 0.1) is 0 Å². The maximum Gasteiger partial charge on any atom is 0.00701 e. The van der Waals surface area contributed by atoms with Crippen LogP contribution in [0.3, 0.4) is 0 Å². The number of hydrogen-bond donors (Lipinski definition) is 2. The average molecular weight is 337 g/mol. The summed E-state index contributed by atoms with van der Waals surface area (Å²) in [5, 5.41) is 0. The molecule has 0 aromatic rings. The smallest absolute Gasteiger partial charge is 0.00701 e. The lowest BCUT2D eigenvalue weighted by Crippen LogP contribution is -2.46. The van der Waals surface area contributed by atoms with E-state index in [1.807, 2.05) is 0 Å². The first-order chi connectivity index (χ1) is 11.6. The minimum Gasteiger partial charge on any atom is -0.328 e. The van der Waals surface area contributed by atoms with Crippen molar-refractivity contribution < 1.29 is 0 Å². The second-order valence-electron chi connectivity index (χ2n) is 9.03. The Bertz CT molecular complexity index is 343. The molecule has 7 atom stereocenters. The molecular weight excluding hydrogens is 292 g/mol. The summed E-state index contributed by atoms with van der Waals surface area (Å²) in [5.74, 6) is 4.26. The quantitative estimate of drug-likeness (QED) is 0.615. The van der Waals surface area contributed by atoms with Gasteiger partial charge in [0.2, 0.25) is 0 Å².